The lowest BCUT2D eigenvalue weighted by Gasteiger charge is -2.29. The molecule has 15 heavy (non-hydrogen) atoms. The number of imidazole rings is 1. The normalized spacial score (nSPS) is 23.2. The number of likely N-dealkylation sites (tertiary alicyclic amines) is 1. The molecular weight excluding hydrogens is 210 g/mol. The van der Waals surface area contributed by atoms with Crippen LogP contribution in [0.25, 0.3) is 0 Å². The van der Waals surface area contributed by atoms with Crippen molar-refractivity contribution in [3.05, 3.63) is 18.2 Å². The summed E-state index contributed by atoms with van der Waals surface area (Å²) in [5.74, 6) is 1.16. The Bertz CT molecular complexity index is 311. The Balaban J connectivity index is 1.80. The molecule has 0 saturated carbocycles. The lowest BCUT2D eigenvalue weighted by molar-refractivity contribution is 0.233. The van der Waals surface area contributed by atoms with Crippen molar-refractivity contribution >= 4 is 11.6 Å². The van der Waals surface area contributed by atoms with Crippen molar-refractivity contribution in [2.24, 2.45) is 7.05 Å². The Morgan fingerprint density at radius 3 is 3.13 bits per heavy atom. The average molecular weight is 228 g/mol. The van der Waals surface area contributed by atoms with Crippen molar-refractivity contribution in [2.75, 3.05) is 19.6 Å². The highest BCUT2D eigenvalue weighted by Crippen LogP contribution is 2.15. The topological polar surface area (TPSA) is 21.1 Å². The van der Waals surface area contributed by atoms with Crippen LogP contribution in [-0.2, 0) is 13.5 Å². The van der Waals surface area contributed by atoms with Crippen molar-refractivity contribution in [3.8, 4) is 0 Å². The van der Waals surface area contributed by atoms with Crippen LogP contribution in [-0.4, -0.2) is 39.5 Å². The molecule has 1 aliphatic heterocycles. The number of aromatic nitrogens is 2. The third-order valence-corrected chi connectivity index (χ3v) is 3.38. The van der Waals surface area contributed by atoms with Crippen LogP contribution in [0, 0.1) is 0 Å². The maximum absolute atomic E-state index is 6.14. The number of rotatable bonds is 3. The minimum atomic E-state index is 0.347. The quantitative estimate of drug-likeness (QED) is 0.733. The number of alkyl halides is 1. The molecule has 0 spiro atoms. The summed E-state index contributed by atoms with van der Waals surface area (Å²) in [6.07, 6.45) is 7.27. The van der Waals surface area contributed by atoms with Gasteiger partial charge in [-0.2, -0.15) is 0 Å². The summed E-state index contributed by atoms with van der Waals surface area (Å²) in [5.41, 5.74) is 0. The molecule has 2 heterocycles. The fourth-order valence-electron chi connectivity index (χ4n) is 2.10. The first-order valence-electron chi connectivity index (χ1n) is 5.58. The first-order chi connectivity index (χ1) is 7.25. The van der Waals surface area contributed by atoms with Gasteiger partial charge in [-0.15, -0.1) is 11.6 Å². The highest BCUT2D eigenvalue weighted by molar-refractivity contribution is 6.20. The maximum Gasteiger partial charge on any atom is 0.109 e. The van der Waals surface area contributed by atoms with Crippen molar-refractivity contribution in [1.82, 2.24) is 14.5 Å². The van der Waals surface area contributed by atoms with E-state index >= 15 is 0 Å². The monoisotopic (exact) mass is 227 g/mol. The van der Waals surface area contributed by atoms with E-state index in [0.717, 1.165) is 25.3 Å². The van der Waals surface area contributed by atoms with Gasteiger partial charge in [-0.3, -0.25) is 0 Å². The van der Waals surface area contributed by atoms with Crippen LogP contribution in [0.1, 0.15) is 18.7 Å². The molecule has 0 N–H and O–H groups in total. The summed E-state index contributed by atoms with van der Waals surface area (Å²) in [4.78, 5) is 6.76. The molecule has 1 aliphatic rings. The Morgan fingerprint density at radius 2 is 2.47 bits per heavy atom. The first-order valence-corrected chi connectivity index (χ1v) is 6.02. The number of aryl methyl sites for hydroxylation is 1. The van der Waals surface area contributed by atoms with Gasteiger partial charge in [-0.05, 0) is 19.4 Å². The van der Waals surface area contributed by atoms with E-state index in [1.165, 1.54) is 19.4 Å². The van der Waals surface area contributed by atoms with Crippen LogP contribution >= 0.6 is 11.6 Å². The van der Waals surface area contributed by atoms with Crippen LogP contribution < -0.4 is 0 Å². The van der Waals surface area contributed by atoms with E-state index in [9.17, 15) is 0 Å². The van der Waals surface area contributed by atoms with Gasteiger partial charge in [0.1, 0.15) is 5.82 Å². The van der Waals surface area contributed by atoms with Crippen LogP contribution in [0.15, 0.2) is 12.4 Å². The van der Waals surface area contributed by atoms with Crippen molar-refractivity contribution in [3.63, 3.8) is 0 Å². The standard InChI is InChI=1S/C11H18ClN3/c1-14-8-5-13-11(14)4-7-15-6-2-3-10(12)9-15/h5,8,10H,2-4,6-7,9H2,1H3. The van der Waals surface area contributed by atoms with Gasteiger partial charge < -0.3 is 9.47 Å². The summed E-state index contributed by atoms with van der Waals surface area (Å²) in [5, 5.41) is 0.347. The lowest BCUT2D eigenvalue weighted by Crippen LogP contribution is -2.37. The van der Waals surface area contributed by atoms with Crippen molar-refractivity contribution < 1.29 is 0 Å². The van der Waals surface area contributed by atoms with Crippen LogP contribution in [0.2, 0.25) is 0 Å². The average Bonchev–Trinajstić information content (AvgIpc) is 2.61. The zero-order valence-electron chi connectivity index (χ0n) is 9.19. The van der Waals surface area contributed by atoms with Gasteiger partial charge in [0.15, 0.2) is 0 Å². The molecule has 0 amide bonds. The molecule has 2 rings (SSSR count). The van der Waals surface area contributed by atoms with Crippen LogP contribution in [0.5, 0.6) is 0 Å². The molecule has 1 saturated heterocycles. The van der Waals surface area contributed by atoms with Gasteiger partial charge in [0.25, 0.3) is 0 Å². The molecule has 0 radical (unpaired) electrons. The Morgan fingerprint density at radius 1 is 1.60 bits per heavy atom. The van der Waals surface area contributed by atoms with Gasteiger partial charge in [0.2, 0.25) is 0 Å². The molecule has 0 bridgehead atoms. The Kier molecular flexibility index (Phi) is 3.65. The van der Waals surface area contributed by atoms with Crippen LogP contribution in [0.4, 0.5) is 0 Å². The molecular formula is C11H18ClN3. The summed E-state index contributed by atoms with van der Waals surface area (Å²) in [6.45, 7) is 3.30. The molecule has 4 heteroatoms. The fourth-order valence-corrected chi connectivity index (χ4v) is 2.45. The second-order valence-corrected chi connectivity index (χ2v) is 4.86. The first kappa shape index (κ1) is 11.0. The summed E-state index contributed by atoms with van der Waals surface area (Å²) >= 11 is 6.14. The third-order valence-electron chi connectivity index (χ3n) is 3.02. The summed E-state index contributed by atoms with van der Waals surface area (Å²) < 4.78 is 2.09. The van der Waals surface area contributed by atoms with Crippen molar-refractivity contribution in [1.29, 1.82) is 0 Å². The SMILES string of the molecule is Cn1ccnc1CCN1CCCC(Cl)C1. The summed E-state index contributed by atoms with van der Waals surface area (Å²) in [7, 11) is 2.04. The van der Waals surface area contributed by atoms with Crippen molar-refractivity contribution in [2.45, 2.75) is 24.6 Å². The predicted octanol–water partition coefficient (Wildman–Crippen LogP) is 1.67. The molecule has 84 valence electrons. The Labute approximate surface area is 96.0 Å². The minimum absolute atomic E-state index is 0.347. The molecule has 1 fully saturated rings. The largest absolute Gasteiger partial charge is 0.338 e. The number of nitrogens with zero attached hydrogens (tertiary/aromatic N) is 3. The highest BCUT2D eigenvalue weighted by Gasteiger charge is 2.17. The number of halogens is 1. The maximum atomic E-state index is 6.14. The predicted molar refractivity (Wildman–Crippen MR) is 62.2 cm³/mol. The minimum Gasteiger partial charge on any atom is -0.338 e. The second-order valence-electron chi connectivity index (χ2n) is 4.24. The van der Waals surface area contributed by atoms with Gasteiger partial charge >= 0.3 is 0 Å². The second kappa shape index (κ2) is 4.99. The van der Waals surface area contributed by atoms with E-state index < -0.39 is 0 Å². The number of piperidine rings is 1. The zero-order valence-corrected chi connectivity index (χ0v) is 9.95. The molecule has 1 unspecified atom stereocenters. The van der Waals surface area contributed by atoms with Gasteiger partial charge in [0.05, 0.1) is 0 Å². The molecule has 0 aromatic carbocycles. The van der Waals surface area contributed by atoms with Gasteiger partial charge in [-0.1, -0.05) is 0 Å². The van der Waals surface area contributed by atoms with E-state index in [4.69, 9.17) is 11.6 Å². The van der Waals surface area contributed by atoms with E-state index in [1.54, 1.807) is 0 Å². The van der Waals surface area contributed by atoms with Gasteiger partial charge in [-0.25, -0.2) is 4.98 Å². The van der Waals surface area contributed by atoms with E-state index in [0.29, 0.717) is 5.38 Å². The van der Waals surface area contributed by atoms with E-state index in [-0.39, 0.29) is 0 Å². The summed E-state index contributed by atoms with van der Waals surface area (Å²) in [6, 6.07) is 0. The molecule has 3 nitrogen and oxygen atoms in total. The van der Waals surface area contributed by atoms with Crippen LogP contribution in [0.3, 0.4) is 0 Å². The van der Waals surface area contributed by atoms with E-state index in [1.807, 2.05) is 19.4 Å². The van der Waals surface area contributed by atoms with E-state index in [2.05, 4.69) is 14.5 Å². The Hall–Kier alpha value is -0.540. The highest BCUT2D eigenvalue weighted by atomic mass is 35.5. The lowest BCUT2D eigenvalue weighted by atomic mass is 10.1. The smallest absolute Gasteiger partial charge is 0.109 e. The molecule has 1 aromatic heterocycles. The molecule has 1 atom stereocenters. The zero-order chi connectivity index (χ0) is 10.7. The number of hydrogen-bond donors (Lipinski definition) is 0. The molecule has 1 aromatic rings. The number of hydrogen-bond acceptors (Lipinski definition) is 2. The fraction of sp³-hybridized carbons (Fsp3) is 0.727. The molecule has 0 aliphatic carbocycles. The third kappa shape index (κ3) is 2.95. The van der Waals surface area contributed by atoms with Gasteiger partial charge in [0, 0.05) is 44.3 Å².